The number of carbonyl (C=O) groups is 2. The van der Waals surface area contributed by atoms with E-state index in [2.05, 4.69) is 50.0 Å². The lowest BCUT2D eigenvalue weighted by Crippen LogP contribution is -2.35. The molecule has 5 nitrogen and oxygen atoms in total. The Kier molecular flexibility index (Phi) is 8.40. The molecule has 1 fully saturated rings. The van der Waals surface area contributed by atoms with Gasteiger partial charge in [0.15, 0.2) is 0 Å². The number of benzene rings is 2. The highest BCUT2D eigenvalue weighted by molar-refractivity contribution is 5.93. The number of rotatable bonds is 8. The van der Waals surface area contributed by atoms with Crippen LogP contribution in [0.25, 0.3) is 0 Å². The van der Waals surface area contributed by atoms with E-state index >= 15 is 0 Å². The molecule has 0 aromatic heterocycles. The Hall–Kier alpha value is -2.82. The molecule has 5 heteroatoms. The van der Waals surface area contributed by atoms with Gasteiger partial charge < -0.3 is 15.1 Å². The first kappa shape index (κ1) is 25.8. The molecular weight excluding hydrogens is 422 g/mol. The zero-order valence-corrected chi connectivity index (χ0v) is 21.7. The standard InChI is InChI=1S/C29H41N3O2/c1-21(22-12-8-7-9-13-22)32(27(33)19-29(2,3)4)20-24-18-25(16-17-26(24)31(5)6)30-28(34)23-14-10-11-15-23/h7-9,12-13,16-18,21,23H,10-11,14-15,19-20H2,1-6H3,(H,30,34)/t21-/m1/s1. The molecule has 0 unspecified atom stereocenters. The van der Waals surface area contributed by atoms with Crippen LogP contribution in [-0.2, 0) is 16.1 Å². The van der Waals surface area contributed by atoms with E-state index in [-0.39, 0.29) is 29.2 Å². The number of amides is 2. The van der Waals surface area contributed by atoms with Gasteiger partial charge >= 0.3 is 0 Å². The highest BCUT2D eigenvalue weighted by Crippen LogP contribution is 2.32. The van der Waals surface area contributed by atoms with Gasteiger partial charge in [0, 0.05) is 44.4 Å². The number of carbonyl (C=O) groups excluding carboxylic acids is 2. The van der Waals surface area contributed by atoms with Crippen molar-refractivity contribution in [1.29, 1.82) is 0 Å². The zero-order chi connectivity index (χ0) is 24.9. The van der Waals surface area contributed by atoms with Gasteiger partial charge in [-0.15, -0.1) is 0 Å². The van der Waals surface area contributed by atoms with E-state index in [0.29, 0.717) is 13.0 Å². The van der Waals surface area contributed by atoms with Crippen LogP contribution in [0.15, 0.2) is 48.5 Å². The van der Waals surface area contributed by atoms with Crippen LogP contribution in [0.4, 0.5) is 11.4 Å². The van der Waals surface area contributed by atoms with Crippen molar-refractivity contribution in [2.24, 2.45) is 11.3 Å². The summed E-state index contributed by atoms with van der Waals surface area (Å²) in [6.45, 7) is 8.87. The fourth-order valence-corrected chi connectivity index (χ4v) is 4.75. The summed E-state index contributed by atoms with van der Waals surface area (Å²) in [6.07, 6.45) is 4.67. The minimum atomic E-state index is -0.104. The summed E-state index contributed by atoms with van der Waals surface area (Å²) in [5, 5.41) is 3.13. The fraction of sp³-hybridized carbons (Fsp3) is 0.517. The summed E-state index contributed by atoms with van der Waals surface area (Å²) in [5.74, 6) is 0.355. The highest BCUT2D eigenvalue weighted by Gasteiger charge is 2.27. The van der Waals surface area contributed by atoms with Crippen molar-refractivity contribution < 1.29 is 9.59 Å². The van der Waals surface area contributed by atoms with E-state index in [9.17, 15) is 9.59 Å². The average molecular weight is 464 g/mol. The molecule has 184 valence electrons. The first-order chi connectivity index (χ1) is 16.0. The number of hydrogen-bond donors (Lipinski definition) is 1. The quantitative estimate of drug-likeness (QED) is 0.492. The van der Waals surface area contributed by atoms with Crippen LogP contribution in [0.5, 0.6) is 0 Å². The monoisotopic (exact) mass is 463 g/mol. The molecule has 0 bridgehead atoms. The third-order valence-electron chi connectivity index (χ3n) is 6.65. The molecule has 0 heterocycles. The summed E-state index contributed by atoms with van der Waals surface area (Å²) in [4.78, 5) is 30.3. The molecule has 0 saturated heterocycles. The van der Waals surface area contributed by atoms with Crippen LogP contribution in [0.2, 0.25) is 0 Å². The van der Waals surface area contributed by atoms with E-state index < -0.39 is 0 Å². The largest absolute Gasteiger partial charge is 0.377 e. The number of anilines is 2. The second-order valence-corrected chi connectivity index (χ2v) is 11.1. The van der Waals surface area contributed by atoms with Crippen LogP contribution in [-0.4, -0.2) is 30.8 Å². The van der Waals surface area contributed by atoms with Crippen molar-refractivity contribution in [1.82, 2.24) is 4.90 Å². The lowest BCUT2D eigenvalue weighted by Gasteiger charge is -2.33. The molecule has 1 N–H and O–H groups in total. The zero-order valence-electron chi connectivity index (χ0n) is 21.7. The molecule has 0 spiro atoms. The van der Waals surface area contributed by atoms with Gasteiger partial charge in [-0.05, 0) is 54.5 Å². The van der Waals surface area contributed by atoms with Crippen LogP contribution in [0.3, 0.4) is 0 Å². The normalized spacial score (nSPS) is 15.1. The molecule has 1 atom stereocenters. The predicted molar refractivity (Wildman–Crippen MR) is 141 cm³/mol. The highest BCUT2D eigenvalue weighted by atomic mass is 16.2. The first-order valence-corrected chi connectivity index (χ1v) is 12.5. The molecule has 1 saturated carbocycles. The second-order valence-electron chi connectivity index (χ2n) is 11.1. The van der Waals surface area contributed by atoms with Gasteiger partial charge in [0.2, 0.25) is 11.8 Å². The van der Waals surface area contributed by atoms with Crippen molar-refractivity contribution in [2.45, 2.75) is 72.4 Å². The average Bonchev–Trinajstić information content (AvgIpc) is 3.31. The van der Waals surface area contributed by atoms with Gasteiger partial charge in [0.1, 0.15) is 0 Å². The summed E-state index contributed by atoms with van der Waals surface area (Å²) < 4.78 is 0. The Morgan fingerprint density at radius 3 is 2.26 bits per heavy atom. The first-order valence-electron chi connectivity index (χ1n) is 12.5. The van der Waals surface area contributed by atoms with E-state index in [0.717, 1.165) is 48.2 Å². The maximum Gasteiger partial charge on any atom is 0.227 e. The SMILES string of the molecule is C[C@H](c1ccccc1)N(Cc1cc(NC(=O)C2CCCC2)ccc1N(C)C)C(=O)CC(C)(C)C. The lowest BCUT2D eigenvalue weighted by molar-refractivity contribution is -0.136. The Balaban J connectivity index is 1.92. The summed E-state index contributed by atoms with van der Waals surface area (Å²) in [5.41, 5.74) is 3.88. The Morgan fingerprint density at radius 2 is 1.68 bits per heavy atom. The predicted octanol–water partition coefficient (Wildman–Crippen LogP) is 6.41. The molecule has 2 aromatic carbocycles. The number of hydrogen-bond acceptors (Lipinski definition) is 3. The third kappa shape index (κ3) is 6.85. The maximum atomic E-state index is 13.5. The summed E-state index contributed by atoms with van der Waals surface area (Å²) in [7, 11) is 4.02. The molecule has 3 rings (SSSR count). The maximum absolute atomic E-state index is 13.5. The van der Waals surface area contributed by atoms with E-state index in [1.54, 1.807) is 0 Å². The van der Waals surface area contributed by atoms with E-state index in [4.69, 9.17) is 0 Å². The van der Waals surface area contributed by atoms with E-state index in [1.807, 2.05) is 55.4 Å². The van der Waals surface area contributed by atoms with Gasteiger partial charge in [-0.3, -0.25) is 9.59 Å². The van der Waals surface area contributed by atoms with Gasteiger partial charge in [-0.2, -0.15) is 0 Å². The third-order valence-corrected chi connectivity index (χ3v) is 6.65. The summed E-state index contributed by atoms with van der Waals surface area (Å²) >= 11 is 0. The Labute approximate surface area is 205 Å². The molecule has 1 aliphatic rings. The van der Waals surface area contributed by atoms with Gasteiger partial charge in [-0.25, -0.2) is 0 Å². The Morgan fingerprint density at radius 1 is 1.03 bits per heavy atom. The lowest BCUT2D eigenvalue weighted by atomic mass is 9.91. The Bertz CT molecular complexity index is 973. The van der Waals surface area contributed by atoms with Crippen LogP contribution in [0.1, 0.15) is 77.0 Å². The number of nitrogens with one attached hydrogen (secondary N) is 1. The van der Waals surface area contributed by atoms with Gasteiger partial charge in [0.05, 0.1) is 6.04 Å². The van der Waals surface area contributed by atoms with Gasteiger partial charge in [0.25, 0.3) is 0 Å². The van der Waals surface area contributed by atoms with Crippen molar-refractivity contribution >= 4 is 23.2 Å². The molecule has 2 aromatic rings. The molecule has 0 radical (unpaired) electrons. The van der Waals surface area contributed by atoms with Crippen molar-refractivity contribution in [3.05, 3.63) is 59.7 Å². The van der Waals surface area contributed by atoms with Crippen LogP contribution in [0, 0.1) is 11.3 Å². The van der Waals surface area contributed by atoms with Crippen LogP contribution < -0.4 is 10.2 Å². The molecular formula is C29H41N3O2. The second kappa shape index (κ2) is 11.1. The molecule has 1 aliphatic carbocycles. The van der Waals surface area contributed by atoms with Crippen molar-refractivity contribution in [3.8, 4) is 0 Å². The fourth-order valence-electron chi connectivity index (χ4n) is 4.75. The smallest absolute Gasteiger partial charge is 0.227 e. The minimum absolute atomic E-state index is 0.0669. The topological polar surface area (TPSA) is 52.7 Å². The van der Waals surface area contributed by atoms with Crippen LogP contribution >= 0.6 is 0 Å². The molecule has 0 aliphatic heterocycles. The van der Waals surface area contributed by atoms with Crippen molar-refractivity contribution in [3.63, 3.8) is 0 Å². The summed E-state index contributed by atoms with van der Waals surface area (Å²) in [6, 6.07) is 16.2. The minimum Gasteiger partial charge on any atom is -0.377 e. The molecule has 2 amide bonds. The van der Waals surface area contributed by atoms with Gasteiger partial charge in [-0.1, -0.05) is 63.9 Å². The van der Waals surface area contributed by atoms with E-state index in [1.165, 1.54) is 0 Å². The number of nitrogens with zero attached hydrogens (tertiary/aromatic N) is 2. The molecule has 34 heavy (non-hydrogen) atoms. The van der Waals surface area contributed by atoms with Crippen molar-refractivity contribution in [2.75, 3.05) is 24.3 Å².